The van der Waals surface area contributed by atoms with Crippen molar-refractivity contribution >= 4 is 49.8 Å². The second-order valence-electron chi connectivity index (χ2n) is 16.1. The van der Waals surface area contributed by atoms with Crippen molar-refractivity contribution in [2.45, 2.75) is 5.41 Å². The second-order valence-corrected chi connectivity index (χ2v) is 16.1. The molecule has 2 heteroatoms. The van der Waals surface area contributed by atoms with Gasteiger partial charge in [-0.25, -0.2) is 0 Å². The van der Waals surface area contributed by atoms with E-state index in [1.807, 2.05) is 12.1 Å². The van der Waals surface area contributed by atoms with E-state index >= 15 is 0 Å². The zero-order valence-electron chi connectivity index (χ0n) is 33.4. The average Bonchev–Trinajstić information content (AvgIpc) is 3.86. The van der Waals surface area contributed by atoms with E-state index in [1.54, 1.807) is 0 Å². The Bertz CT molecular complexity index is 3380. The predicted molar refractivity (Wildman–Crippen MR) is 254 cm³/mol. The Kier molecular flexibility index (Phi) is 8.11. The van der Waals surface area contributed by atoms with E-state index in [9.17, 15) is 0 Å². The molecule has 10 aromatic carbocycles. The largest absolute Gasteiger partial charge is 0.456 e. The molecule has 1 aliphatic rings. The van der Waals surface area contributed by atoms with Gasteiger partial charge in [0.25, 0.3) is 0 Å². The van der Waals surface area contributed by atoms with Crippen LogP contribution in [0, 0.1) is 0 Å². The summed E-state index contributed by atoms with van der Waals surface area (Å²) in [6.45, 7) is 0. The SMILES string of the molecule is c1ccc(C2(c3ccccc3)c3ccccc3-c3ccc(N(c4ccc(-c5ccc6ccccc6c5)cc4)c4cccc(-c5ccc6oc7ccccc7c6c5)c4)cc32)cc1. The van der Waals surface area contributed by atoms with Gasteiger partial charge in [-0.15, -0.1) is 0 Å². The number of rotatable bonds is 7. The van der Waals surface area contributed by atoms with Crippen LogP contribution in [-0.2, 0) is 5.41 Å². The van der Waals surface area contributed by atoms with Crippen LogP contribution in [0.3, 0.4) is 0 Å². The van der Waals surface area contributed by atoms with Crippen LogP contribution in [0.2, 0.25) is 0 Å². The number of anilines is 3. The zero-order chi connectivity index (χ0) is 40.3. The van der Waals surface area contributed by atoms with E-state index in [-0.39, 0.29) is 0 Å². The summed E-state index contributed by atoms with van der Waals surface area (Å²) in [6.07, 6.45) is 0. The summed E-state index contributed by atoms with van der Waals surface area (Å²) >= 11 is 0. The van der Waals surface area contributed by atoms with E-state index in [4.69, 9.17) is 4.42 Å². The van der Waals surface area contributed by atoms with Crippen molar-refractivity contribution in [1.82, 2.24) is 0 Å². The lowest BCUT2D eigenvalue weighted by molar-refractivity contribution is 0.669. The van der Waals surface area contributed by atoms with Crippen LogP contribution < -0.4 is 4.90 Å². The van der Waals surface area contributed by atoms with Crippen LogP contribution in [-0.4, -0.2) is 0 Å². The van der Waals surface area contributed by atoms with Gasteiger partial charge in [0.1, 0.15) is 11.2 Å². The molecule has 0 spiro atoms. The summed E-state index contributed by atoms with van der Waals surface area (Å²) < 4.78 is 6.22. The molecule has 0 unspecified atom stereocenters. The number of hydrogen-bond acceptors (Lipinski definition) is 2. The predicted octanol–water partition coefficient (Wildman–Crippen LogP) is 15.9. The molecule has 0 atom stereocenters. The van der Waals surface area contributed by atoms with Crippen molar-refractivity contribution in [2.24, 2.45) is 0 Å². The fourth-order valence-corrected chi connectivity index (χ4v) is 9.92. The van der Waals surface area contributed by atoms with Gasteiger partial charge in [-0.05, 0) is 127 Å². The Hall–Kier alpha value is -7.94. The summed E-state index contributed by atoms with van der Waals surface area (Å²) in [5, 5.41) is 4.73. The van der Waals surface area contributed by atoms with Gasteiger partial charge < -0.3 is 9.32 Å². The molecule has 0 saturated carbocycles. The molecule has 2 nitrogen and oxygen atoms in total. The second kappa shape index (κ2) is 14.1. The highest BCUT2D eigenvalue weighted by Crippen LogP contribution is 2.57. The Labute approximate surface area is 355 Å². The van der Waals surface area contributed by atoms with Gasteiger partial charge in [-0.1, -0.05) is 176 Å². The van der Waals surface area contributed by atoms with E-state index in [0.717, 1.165) is 50.1 Å². The summed E-state index contributed by atoms with van der Waals surface area (Å²) in [5.74, 6) is 0. The van der Waals surface area contributed by atoms with Crippen LogP contribution in [0.5, 0.6) is 0 Å². The maximum absolute atomic E-state index is 6.22. The summed E-state index contributed by atoms with van der Waals surface area (Å²) in [7, 11) is 0. The maximum Gasteiger partial charge on any atom is 0.135 e. The lowest BCUT2D eigenvalue weighted by Gasteiger charge is -2.35. The fraction of sp³-hybridized carbons (Fsp3) is 0.0169. The standard InChI is InChI=1S/C59H39NO/c1-3-17-46(18-4-1)59(47-19-5-2-6-20-47)55-24-11-9-22-51(55)52-34-33-50(39-56(52)59)60(48-31-28-41(29-32-48)44-27-26-40-14-7-8-15-42(40)36-44)49-21-13-16-43(37-49)45-30-35-58-54(38-45)53-23-10-12-25-57(53)61-58/h1-39H. The lowest BCUT2D eigenvalue weighted by Crippen LogP contribution is -2.28. The molecular weight excluding hydrogens is 739 g/mol. The highest BCUT2D eigenvalue weighted by atomic mass is 16.3. The van der Waals surface area contributed by atoms with Gasteiger partial charge in [-0.2, -0.15) is 0 Å². The minimum absolute atomic E-state index is 0.513. The molecule has 286 valence electrons. The number of para-hydroxylation sites is 1. The minimum atomic E-state index is -0.513. The maximum atomic E-state index is 6.22. The lowest BCUT2D eigenvalue weighted by atomic mass is 9.67. The van der Waals surface area contributed by atoms with Crippen molar-refractivity contribution in [3.8, 4) is 33.4 Å². The van der Waals surface area contributed by atoms with Crippen molar-refractivity contribution in [3.63, 3.8) is 0 Å². The van der Waals surface area contributed by atoms with Crippen molar-refractivity contribution in [3.05, 3.63) is 259 Å². The molecule has 1 aliphatic carbocycles. The van der Waals surface area contributed by atoms with Crippen molar-refractivity contribution < 1.29 is 4.42 Å². The van der Waals surface area contributed by atoms with E-state index < -0.39 is 5.41 Å². The molecule has 11 aromatic rings. The van der Waals surface area contributed by atoms with E-state index in [0.29, 0.717) is 0 Å². The molecule has 0 amide bonds. The third-order valence-electron chi connectivity index (χ3n) is 12.7. The number of furan rings is 1. The molecule has 12 rings (SSSR count). The van der Waals surface area contributed by atoms with E-state index in [1.165, 1.54) is 55.3 Å². The normalized spacial score (nSPS) is 12.7. The first-order valence-corrected chi connectivity index (χ1v) is 21.0. The minimum Gasteiger partial charge on any atom is -0.456 e. The average molecular weight is 778 g/mol. The summed E-state index contributed by atoms with van der Waals surface area (Å²) in [6, 6.07) is 86.2. The van der Waals surface area contributed by atoms with Crippen LogP contribution in [0.4, 0.5) is 17.1 Å². The van der Waals surface area contributed by atoms with Crippen LogP contribution >= 0.6 is 0 Å². The Balaban J connectivity index is 1.05. The molecule has 0 bridgehead atoms. The highest BCUT2D eigenvalue weighted by Gasteiger charge is 2.46. The molecule has 0 N–H and O–H groups in total. The van der Waals surface area contributed by atoms with Crippen LogP contribution in [0.15, 0.2) is 241 Å². The first-order chi connectivity index (χ1) is 30.2. The third-order valence-corrected chi connectivity index (χ3v) is 12.7. The molecule has 0 radical (unpaired) electrons. The Morgan fingerprint density at radius 2 is 0.902 bits per heavy atom. The third kappa shape index (κ3) is 5.64. The van der Waals surface area contributed by atoms with Crippen LogP contribution in [0.25, 0.3) is 66.1 Å². The molecule has 0 saturated heterocycles. The molecule has 0 fully saturated rings. The number of nitrogens with zero attached hydrogens (tertiary/aromatic N) is 1. The molecule has 0 aliphatic heterocycles. The first-order valence-electron chi connectivity index (χ1n) is 21.0. The van der Waals surface area contributed by atoms with E-state index in [2.05, 4.69) is 229 Å². The molecule has 1 aromatic heterocycles. The number of fused-ring (bicyclic) bond motifs is 7. The number of benzene rings is 10. The van der Waals surface area contributed by atoms with Gasteiger partial charge in [0, 0.05) is 27.8 Å². The quantitative estimate of drug-likeness (QED) is 0.160. The van der Waals surface area contributed by atoms with Crippen LogP contribution in [0.1, 0.15) is 22.3 Å². The van der Waals surface area contributed by atoms with Gasteiger partial charge in [0.05, 0.1) is 5.41 Å². The smallest absolute Gasteiger partial charge is 0.135 e. The Morgan fingerprint density at radius 3 is 1.72 bits per heavy atom. The van der Waals surface area contributed by atoms with Crippen molar-refractivity contribution in [2.75, 3.05) is 4.90 Å². The van der Waals surface area contributed by atoms with Gasteiger partial charge in [-0.3, -0.25) is 0 Å². The monoisotopic (exact) mass is 777 g/mol. The topological polar surface area (TPSA) is 16.4 Å². The number of hydrogen-bond donors (Lipinski definition) is 0. The zero-order valence-corrected chi connectivity index (χ0v) is 33.4. The highest BCUT2D eigenvalue weighted by molar-refractivity contribution is 6.06. The van der Waals surface area contributed by atoms with Crippen molar-refractivity contribution in [1.29, 1.82) is 0 Å². The van der Waals surface area contributed by atoms with Gasteiger partial charge in [0.2, 0.25) is 0 Å². The Morgan fingerprint density at radius 1 is 0.311 bits per heavy atom. The fourth-order valence-electron chi connectivity index (χ4n) is 9.92. The van der Waals surface area contributed by atoms with Gasteiger partial charge in [0.15, 0.2) is 0 Å². The molecular formula is C59H39NO. The first kappa shape index (κ1) is 35.0. The summed E-state index contributed by atoms with van der Waals surface area (Å²) in [5.41, 5.74) is 16.8. The molecule has 1 heterocycles. The van der Waals surface area contributed by atoms with Gasteiger partial charge >= 0.3 is 0 Å². The summed E-state index contributed by atoms with van der Waals surface area (Å²) in [4.78, 5) is 2.42. The molecule has 61 heavy (non-hydrogen) atoms.